The third-order valence-corrected chi connectivity index (χ3v) is 4.16. The highest BCUT2D eigenvalue weighted by Gasteiger charge is 2.08. The van der Waals surface area contributed by atoms with E-state index in [2.05, 4.69) is 16.5 Å². The van der Waals surface area contributed by atoms with Gasteiger partial charge in [0.2, 0.25) is 0 Å². The standard InChI is InChI=1S/C16H17ClN2OS/c1-10(2)8-14-11(3)18-16(19-15(14)20)21-9-12-4-6-13(17)7-5-12/h4-7H,1,8-9H2,2-3H3,(H,18,19,20). The Labute approximate surface area is 133 Å². The lowest BCUT2D eigenvalue weighted by Gasteiger charge is -2.07. The van der Waals surface area contributed by atoms with Gasteiger partial charge in [0.05, 0.1) is 0 Å². The molecule has 1 N–H and O–H groups in total. The normalized spacial score (nSPS) is 10.6. The summed E-state index contributed by atoms with van der Waals surface area (Å²) in [6.45, 7) is 7.61. The zero-order valence-electron chi connectivity index (χ0n) is 12.1. The van der Waals surface area contributed by atoms with Crippen molar-refractivity contribution in [2.24, 2.45) is 0 Å². The van der Waals surface area contributed by atoms with Crippen LogP contribution in [-0.2, 0) is 12.2 Å². The maximum Gasteiger partial charge on any atom is 0.255 e. The number of benzene rings is 1. The minimum Gasteiger partial charge on any atom is -0.301 e. The summed E-state index contributed by atoms with van der Waals surface area (Å²) in [6, 6.07) is 7.65. The molecule has 0 bridgehead atoms. The van der Waals surface area contributed by atoms with Crippen LogP contribution in [0.25, 0.3) is 0 Å². The quantitative estimate of drug-likeness (QED) is 0.511. The number of hydrogen-bond donors (Lipinski definition) is 1. The van der Waals surface area contributed by atoms with Crippen molar-refractivity contribution >= 4 is 23.4 Å². The predicted molar refractivity (Wildman–Crippen MR) is 89.1 cm³/mol. The Morgan fingerprint density at radius 2 is 2.05 bits per heavy atom. The summed E-state index contributed by atoms with van der Waals surface area (Å²) in [5, 5.41) is 1.35. The number of aromatic amines is 1. The van der Waals surface area contributed by atoms with Crippen LogP contribution in [-0.4, -0.2) is 9.97 Å². The van der Waals surface area contributed by atoms with Crippen LogP contribution in [0, 0.1) is 6.92 Å². The number of rotatable bonds is 5. The van der Waals surface area contributed by atoms with E-state index in [1.807, 2.05) is 38.1 Å². The molecule has 0 aliphatic rings. The molecule has 2 rings (SSSR count). The third-order valence-electron chi connectivity index (χ3n) is 2.97. The Morgan fingerprint density at radius 1 is 1.38 bits per heavy atom. The van der Waals surface area contributed by atoms with Crippen LogP contribution in [0.5, 0.6) is 0 Å². The van der Waals surface area contributed by atoms with Crippen molar-refractivity contribution in [3.05, 3.63) is 68.6 Å². The van der Waals surface area contributed by atoms with Crippen molar-refractivity contribution in [2.45, 2.75) is 31.2 Å². The molecule has 110 valence electrons. The van der Waals surface area contributed by atoms with Gasteiger partial charge in [0.1, 0.15) is 0 Å². The Balaban J connectivity index is 2.12. The number of nitrogens with one attached hydrogen (secondary N) is 1. The molecule has 21 heavy (non-hydrogen) atoms. The van der Waals surface area contributed by atoms with E-state index in [0.717, 1.165) is 27.6 Å². The van der Waals surface area contributed by atoms with Gasteiger partial charge in [0.15, 0.2) is 5.16 Å². The molecule has 2 aromatic rings. The molecule has 1 heterocycles. The molecule has 0 aliphatic heterocycles. The molecule has 0 atom stereocenters. The van der Waals surface area contributed by atoms with Crippen molar-refractivity contribution in [1.82, 2.24) is 9.97 Å². The molecule has 1 aromatic heterocycles. The van der Waals surface area contributed by atoms with Crippen molar-refractivity contribution < 1.29 is 0 Å². The highest BCUT2D eigenvalue weighted by molar-refractivity contribution is 7.98. The van der Waals surface area contributed by atoms with E-state index >= 15 is 0 Å². The summed E-state index contributed by atoms with van der Waals surface area (Å²) in [5.41, 5.74) is 3.46. The highest BCUT2D eigenvalue weighted by Crippen LogP contribution is 2.20. The van der Waals surface area contributed by atoms with E-state index in [1.165, 1.54) is 11.8 Å². The smallest absolute Gasteiger partial charge is 0.255 e. The first-order chi connectivity index (χ1) is 9.95. The van der Waals surface area contributed by atoms with Crippen molar-refractivity contribution in [3.8, 4) is 0 Å². The van der Waals surface area contributed by atoms with Gasteiger partial charge in [-0.1, -0.05) is 47.6 Å². The second-order valence-corrected chi connectivity index (χ2v) is 6.38. The summed E-state index contributed by atoms with van der Waals surface area (Å²) in [4.78, 5) is 19.4. The molecule has 0 unspecified atom stereocenters. The number of allylic oxidation sites excluding steroid dienone is 1. The van der Waals surface area contributed by atoms with Crippen LogP contribution in [0.2, 0.25) is 5.02 Å². The fourth-order valence-electron chi connectivity index (χ4n) is 1.90. The topological polar surface area (TPSA) is 45.8 Å². The van der Waals surface area contributed by atoms with Crippen LogP contribution >= 0.6 is 23.4 Å². The van der Waals surface area contributed by atoms with Gasteiger partial charge in [0, 0.05) is 28.5 Å². The average Bonchev–Trinajstić information content (AvgIpc) is 2.42. The first kappa shape index (κ1) is 15.9. The van der Waals surface area contributed by atoms with E-state index in [4.69, 9.17) is 11.6 Å². The lowest BCUT2D eigenvalue weighted by Crippen LogP contribution is -2.17. The Morgan fingerprint density at radius 3 is 2.62 bits per heavy atom. The molecule has 0 saturated carbocycles. The van der Waals surface area contributed by atoms with Gasteiger partial charge < -0.3 is 4.98 Å². The van der Waals surface area contributed by atoms with Gasteiger partial charge in [-0.25, -0.2) is 4.98 Å². The first-order valence-corrected chi connectivity index (χ1v) is 7.93. The van der Waals surface area contributed by atoms with Crippen LogP contribution in [0.1, 0.15) is 23.7 Å². The number of aryl methyl sites for hydroxylation is 1. The molecule has 0 aliphatic carbocycles. The molecular formula is C16H17ClN2OS. The minimum absolute atomic E-state index is 0.0795. The van der Waals surface area contributed by atoms with Gasteiger partial charge in [-0.3, -0.25) is 4.79 Å². The predicted octanol–water partition coefficient (Wildman–Crippen LogP) is 4.14. The molecule has 0 fully saturated rings. The Hall–Kier alpha value is -1.52. The highest BCUT2D eigenvalue weighted by atomic mass is 35.5. The molecule has 3 nitrogen and oxygen atoms in total. The molecule has 0 saturated heterocycles. The molecule has 0 amide bonds. The van der Waals surface area contributed by atoms with E-state index in [-0.39, 0.29) is 5.56 Å². The van der Waals surface area contributed by atoms with Crippen LogP contribution < -0.4 is 5.56 Å². The maximum absolute atomic E-state index is 12.1. The first-order valence-electron chi connectivity index (χ1n) is 6.57. The summed E-state index contributed by atoms with van der Waals surface area (Å²) >= 11 is 7.36. The monoisotopic (exact) mass is 320 g/mol. The molecule has 5 heteroatoms. The fourth-order valence-corrected chi connectivity index (χ4v) is 2.88. The van der Waals surface area contributed by atoms with Gasteiger partial charge in [0.25, 0.3) is 5.56 Å². The number of halogens is 1. The summed E-state index contributed by atoms with van der Waals surface area (Å²) < 4.78 is 0. The van der Waals surface area contributed by atoms with E-state index in [1.54, 1.807) is 0 Å². The van der Waals surface area contributed by atoms with Gasteiger partial charge in [-0.2, -0.15) is 0 Å². The van der Waals surface area contributed by atoms with Crippen LogP contribution in [0.4, 0.5) is 0 Å². The van der Waals surface area contributed by atoms with Crippen LogP contribution in [0.15, 0.2) is 46.4 Å². The molecule has 1 aromatic carbocycles. The minimum atomic E-state index is -0.0795. The lowest BCUT2D eigenvalue weighted by molar-refractivity contribution is 0.863. The average molecular weight is 321 g/mol. The van der Waals surface area contributed by atoms with Gasteiger partial charge in [-0.15, -0.1) is 0 Å². The fraction of sp³-hybridized carbons (Fsp3) is 0.250. The van der Waals surface area contributed by atoms with Crippen molar-refractivity contribution in [2.75, 3.05) is 0 Å². The Kier molecular flexibility index (Phi) is 5.26. The second-order valence-electron chi connectivity index (χ2n) is 4.98. The molecule has 0 radical (unpaired) electrons. The number of thioether (sulfide) groups is 1. The zero-order chi connectivity index (χ0) is 15.4. The van der Waals surface area contributed by atoms with Gasteiger partial charge in [-0.05, 0) is 31.5 Å². The lowest BCUT2D eigenvalue weighted by atomic mass is 10.1. The van der Waals surface area contributed by atoms with E-state index in [0.29, 0.717) is 17.1 Å². The van der Waals surface area contributed by atoms with E-state index in [9.17, 15) is 4.79 Å². The third kappa shape index (κ3) is 4.48. The van der Waals surface area contributed by atoms with Gasteiger partial charge >= 0.3 is 0 Å². The molecule has 0 spiro atoms. The second kappa shape index (κ2) is 6.96. The maximum atomic E-state index is 12.1. The van der Waals surface area contributed by atoms with E-state index < -0.39 is 0 Å². The van der Waals surface area contributed by atoms with Crippen LogP contribution in [0.3, 0.4) is 0 Å². The van der Waals surface area contributed by atoms with Crippen molar-refractivity contribution in [1.29, 1.82) is 0 Å². The summed E-state index contributed by atoms with van der Waals surface area (Å²) in [5.74, 6) is 0.735. The number of nitrogens with zero attached hydrogens (tertiary/aromatic N) is 1. The largest absolute Gasteiger partial charge is 0.301 e. The SMILES string of the molecule is C=C(C)Cc1c(C)nc(SCc2ccc(Cl)cc2)[nH]c1=O. The number of H-pyrrole nitrogens is 1. The summed E-state index contributed by atoms with van der Waals surface area (Å²) in [6.07, 6.45) is 0.566. The number of hydrogen-bond acceptors (Lipinski definition) is 3. The van der Waals surface area contributed by atoms with Crippen molar-refractivity contribution in [3.63, 3.8) is 0 Å². The summed E-state index contributed by atoms with van der Waals surface area (Å²) in [7, 11) is 0. The molecular weight excluding hydrogens is 304 g/mol. The Bertz CT molecular complexity index is 707. The zero-order valence-corrected chi connectivity index (χ0v) is 13.6. The number of aromatic nitrogens is 2.